The van der Waals surface area contributed by atoms with Gasteiger partial charge in [-0.1, -0.05) is 100 Å². The highest BCUT2D eigenvalue weighted by molar-refractivity contribution is 9.09. The van der Waals surface area contributed by atoms with Crippen molar-refractivity contribution < 1.29 is 43.3 Å². The van der Waals surface area contributed by atoms with Crippen molar-refractivity contribution in [3.8, 4) is 5.75 Å². The number of aliphatic hydroxyl groups excluding tert-OH is 1. The van der Waals surface area contributed by atoms with Gasteiger partial charge in [0.2, 0.25) is 5.91 Å². The topological polar surface area (TPSA) is 161 Å². The van der Waals surface area contributed by atoms with Gasteiger partial charge >= 0.3 is 12.1 Å². The lowest BCUT2D eigenvalue weighted by atomic mass is 10.0. The number of benzene rings is 3. The highest BCUT2D eigenvalue weighted by Gasteiger charge is 2.53. The number of alkyl halides is 1. The van der Waals surface area contributed by atoms with Gasteiger partial charge in [0, 0.05) is 0 Å². The van der Waals surface area contributed by atoms with Crippen molar-refractivity contribution >= 4 is 57.2 Å². The molecule has 46 heavy (non-hydrogen) atoms. The molecule has 3 unspecified atom stereocenters. The van der Waals surface area contributed by atoms with Crippen LogP contribution in [0.15, 0.2) is 96.4 Å². The molecule has 14 heteroatoms. The van der Waals surface area contributed by atoms with Crippen LogP contribution in [0.5, 0.6) is 5.75 Å². The molecule has 3 atom stereocenters. The van der Waals surface area contributed by atoms with Crippen LogP contribution >= 0.6 is 27.7 Å². The van der Waals surface area contributed by atoms with E-state index >= 15 is 0 Å². The number of ether oxygens (including phenoxy) is 3. The molecule has 1 aliphatic heterocycles. The second kappa shape index (κ2) is 16.5. The number of likely N-dealkylation sites (tertiary alicyclic amines) is 1. The van der Waals surface area contributed by atoms with Gasteiger partial charge in [0.05, 0.1) is 12.4 Å². The van der Waals surface area contributed by atoms with Gasteiger partial charge in [-0.15, -0.1) is 0 Å². The first-order valence-electron chi connectivity index (χ1n) is 13.8. The van der Waals surface area contributed by atoms with E-state index in [2.05, 4.69) is 26.6 Å². The summed E-state index contributed by atoms with van der Waals surface area (Å²) in [6, 6.07) is 21.4. The number of rotatable bonds is 14. The molecule has 0 radical (unpaired) electrons. The molecule has 3 N–H and O–H groups in total. The minimum atomic E-state index is -1.29. The summed E-state index contributed by atoms with van der Waals surface area (Å²) >= 11 is 3.70. The summed E-state index contributed by atoms with van der Waals surface area (Å²) in [5.41, 5.74) is 1.72. The molecule has 1 aliphatic rings. The van der Waals surface area contributed by atoms with Crippen LogP contribution in [0.25, 0.3) is 0 Å². The number of nitrogens with one attached hydrogen (secondary N) is 2. The van der Waals surface area contributed by atoms with Gasteiger partial charge in [0.15, 0.2) is 11.3 Å². The van der Waals surface area contributed by atoms with E-state index in [-0.39, 0.29) is 18.5 Å². The first-order chi connectivity index (χ1) is 22.3. The number of β-lactam (4-membered cyclic amide) rings is 1. The van der Waals surface area contributed by atoms with Crippen LogP contribution in [-0.2, 0) is 41.9 Å². The molecule has 3 aromatic rings. The summed E-state index contributed by atoms with van der Waals surface area (Å²) in [5.74, 6) is -2.48. The Bertz CT molecular complexity index is 1570. The van der Waals surface area contributed by atoms with E-state index in [1.165, 1.54) is 7.11 Å². The molecule has 3 amide bonds. The predicted molar refractivity (Wildman–Crippen MR) is 172 cm³/mol. The Hall–Kier alpha value is -4.82. The molecule has 1 saturated heterocycles. The second-order valence-corrected chi connectivity index (χ2v) is 11.2. The van der Waals surface area contributed by atoms with Gasteiger partial charge in [-0.05, 0) is 28.8 Å². The van der Waals surface area contributed by atoms with Crippen molar-refractivity contribution in [3.63, 3.8) is 0 Å². The zero-order valence-electron chi connectivity index (χ0n) is 24.5. The van der Waals surface area contributed by atoms with Gasteiger partial charge in [-0.25, -0.2) is 9.59 Å². The average molecular weight is 713 g/mol. The smallest absolute Gasteiger partial charge is 0.408 e. The normalized spacial score (nSPS) is 16.7. The van der Waals surface area contributed by atoms with Crippen LogP contribution in [0.3, 0.4) is 0 Å². The standard InChI is InChI=1S/C32H30BrN3O9S/c1-43-23-14-12-21(13-15-23)17-44-31(41)27(24(38)16-33)36-29(40)26(30(36)46-19-37)34-28(39)25(22-10-6-3-7-11-22)35-32(42)45-18-20-8-4-2-5-9-20/h2-15,19,25-26,30,38H,16-18H2,1H3,(H,34,39)(H,35,42). The van der Waals surface area contributed by atoms with E-state index in [1.807, 2.05) is 6.07 Å². The maximum atomic E-state index is 13.5. The van der Waals surface area contributed by atoms with Crippen molar-refractivity contribution in [3.05, 3.63) is 113 Å². The molecule has 12 nitrogen and oxygen atoms in total. The lowest BCUT2D eigenvalue weighted by Gasteiger charge is -2.46. The minimum absolute atomic E-state index is 0.0370. The summed E-state index contributed by atoms with van der Waals surface area (Å²) in [5, 5.41) is 14.4. The fourth-order valence-electron chi connectivity index (χ4n) is 4.45. The van der Waals surface area contributed by atoms with Crippen LogP contribution in [-0.4, -0.2) is 63.4 Å². The summed E-state index contributed by atoms with van der Waals surface area (Å²) < 4.78 is 15.8. The highest BCUT2D eigenvalue weighted by atomic mass is 79.9. The van der Waals surface area contributed by atoms with Crippen molar-refractivity contribution in [2.45, 2.75) is 30.7 Å². The number of hydrogen-bond acceptors (Lipinski definition) is 10. The van der Waals surface area contributed by atoms with E-state index in [4.69, 9.17) is 14.2 Å². The Morgan fingerprint density at radius 1 is 0.957 bits per heavy atom. The van der Waals surface area contributed by atoms with E-state index in [0.717, 1.165) is 10.5 Å². The minimum Gasteiger partial charge on any atom is -0.509 e. The van der Waals surface area contributed by atoms with Crippen molar-refractivity contribution in [2.75, 3.05) is 12.4 Å². The van der Waals surface area contributed by atoms with E-state index in [1.54, 1.807) is 78.9 Å². The average Bonchev–Trinajstić information content (AvgIpc) is 3.09. The quantitative estimate of drug-likeness (QED) is 0.0554. The zero-order chi connectivity index (χ0) is 33.1. The number of carbonyl (C=O) groups excluding carboxylic acids is 5. The summed E-state index contributed by atoms with van der Waals surface area (Å²) in [7, 11) is 1.52. The van der Waals surface area contributed by atoms with Gasteiger partial charge in [0.25, 0.3) is 5.91 Å². The maximum absolute atomic E-state index is 13.5. The lowest BCUT2D eigenvalue weighted by molar-refractivity contribution is -0.153. The number of hydrogen-bond donors (Lipinski definition) is 3. The fraction of sp³-hybridized carbons (Fsp3) is 0.219. The molecule has 4 rings (SSSR count). The molecular formula is C32H30BrN3O9S. The molecule has 0 aliphatic carbocycles. The number of esters is 1. The number of alkyl carbamates (subject to hydrolysis) is 1. The number of carbonyl (C=O) groups is 5. The summed E-state index contributed by atoms with van der Waals surface area (Å²) in [6.45, 7) is -0.217. The van der Waals surface area contributed by atoms with Gasteiger partial charge < -0.3 is 30.0 Å². The molecule has 1 heterocycles. The van der Waals surface area contributed by atoms with Gasteiger partial charge in [-0.3, -0.25) is 19.3 Å². The fourth-order valence-corrected chi connectivity index (χ4v) is 5.51. The Morgan fingerprint density at radius 3 is 2.17 bits per heavy atom. The predicted octanol–water partition coefficient (Wildman–Crippen LogP) is 4.15. The summed E-state index contributed by atoms with van der Waals surface area (Å²) in [4.78, 5) is 65.3. The van der Waals surface area contributed by atoms with Crippen LogP contribution in [0, 0.1) is 0 Å². The van der Waals surface area contributed by atoms with Crippen molar-refractivity contribution in [1.82, 2.24) is 15.5 Å². The largest absolute Gasteiger partial charge is 0.509 e. The third-order valence-electron chi connectivity index (χ3n) is 6.77. The molecular weight excluding hydrogens is 682 g/mol. The molecule has 1 fully saturated rings. The Morgan fingerprint density at radius 2 is 1.57 bits per heavy atom. The Labute approximate surface area is 277 Å². The molecule has 0 spiro atoms. The van der Waals surface area contributed by atoms with Crippen LogP contribution in [0.1, 0.15) is 22.7 Å². The Balaban J connectivity index is 1.48. The highest BCUT2D eigenvalue weighted by Crippen LogP contribution is 2.35. The van der Waals surface area contributed by atoms with Gasteiger partial charge in [0.1, 0.15) is 42.2 Å². The first kappa shape index (κ1) is 34.1. The third kappa shape index (κ3) is 8.46. The van der Waals surface area contributed by atoms with Crippen LogP contribution in [0.4, 0.5) is 4.79 Å². The van der Waals surface area contributed by atoms with E-state index in [9.17, 15) is 29.1 Å². The molecule has 0 aromatic heterocycles. The van der Waals surface area contributed by atoms with E-state index in [0.29, 0.717) is 34.3 Å². The first-order valence-corrected chi connectivity index (χ1v) is 15.9. The molecule has 0 bridgehead atoms. The molecule has 0 saturated carbocycles. The lowest BCUT2D eigenvalue weighted by Crippen LogP contribution is -2.70. The van der Waals surface area contributed by atoms with Crippen molar-refractivity contribution in [2.24, 2.45) is 0 Å². The zero-order valence-corrected chi connectivity index (χ0v) is 26.9. The third-order valence-corrected chi connectivity index (χ3v) is 8.17. The number of halogens is 1. The van der Waals surface area contributed by atoms with E-state index < -0.39 is 52.8 Å². The summed E-state index contributed by atoms with van der Waals surface area (Å²) in [6.07, 6.45) is -0.875. The van der Waals surface area contributed by atoms with Crippen molar-refractivity contribution in [1.29, 1.82) is 0 Å². The number of aliphatic hydroxyl groups is 1. The second-order valence-electron chi connectivity index (χ2n) is 9.72. The molecule has 3 aromatic carbocycles. The Kier molecular flexibility index (Phi) is 12.2. The number of amides is 3. The SMILES string of the molecule is COc1ccc(COC(=O)C(=C(O)CBr)N2C(=O)C(NC(=O)C(NC(=O)OCc3ccccc3)c3ccccc3)C2SC=O)cc1. The number of methoxy groups -OCH3 is 1. The van der Waals surface area contributed by atoms with Gasteiger partial charge in [-0.2, -0.15) is 0 Å². The number of allylic oxidation sites excluding steroid dienone is 1. The maximum Gasteiger partial charge on any atom is 0.408 e. The number of thioether (sulfide) groups is 1. The number of nitrogens with zero attached hydrogens (tertiary/aromatic N) is 1. The monoisotopic (exact) mass is 711 g/mol. The van der Waals surface area contributed by atoms with Crippen LogP contribution < -0.4 is 15.4 Å². The molecule has 240 valence electrons. The van der Waals surface area contributed by atoms with Crippen LogP contribution in [0.2, 0.25) is 0 Å².